The predicted molar refractivity (Wildman–Crippen MR) is 106 cm³/mol. The minimum atomic E-state index is -0.485. The van der Waals surface area contributed by atoms with E-state index in [0.29, 0.717) is 37.2 Å². The van der Waals surface area contributed by atoms with Crippen LogP contribution in [0.1, 0.15) is 24.0 Å². The van der Waals surface area contributed by atoms with Gasteiger partial charge in [0.2, 0.25) is 11.8 Å². The van der Waals surface area contributed by atoms with E-state index in [9.17, 15) is 24.1 Å². The number of rotatable bonds is 5. The number of anilines is 1. The lowest BCUT2D eigenvalue weighted by molar-refractivity contribution is -0.385. The van der Waals surface area contributed by atoms with E-state index in [0.717, 1.165) is 5.56 Å². The van der Waals surface area contributed by atoms with Crippen LogP contribution in [0.3, 0.4) is 0 Å². The van der Waals surface area contributed by atoms with Gasteiger partial charge in [0, 0.05) is 30.4 Å². The number of nitro groups is 1. The Morgan fingerprint density at radius 1 is 1.24 bits per heavy atom. The Morgan fingerprint density at radius 3 is 2.66 bits per heavy atom. The van der Waals surface area contributed by atoms with Crippen molar-refractivity contribution < 1.29 is 18.9 Å². The molecular weight excluding hydrogens is 377 g/mol. The summed E-state index contributed by atoms with van der Waals surface area (Å²) in [6.07, 6.45) is 1.49. The lowest BCUT2D eigenvalue weighted by Gasteiger charge is -2.32. The molecule has 0 aromatic heterocycles. The fourth-order valence-corrected chi connectivity index (χ4v) is 3.43. The predicted octanol–water partition coefficient (Wildman–Crippen LogP) is 3.46. The summed E-state index contributed by atoms with van der Waals surface area (Å²) in [6, 6.07) is 10.3. The van der Waals surface area contributed by atoms with Crippen molar-refractivity contribution in [3.05, 3.63) is 69.5 Å². The van der Waals surface area contributed by atoms with Crippen molar-refractivity contribution in [2.24, 2.45) is 5.92 Å². The molecule has 1 aliphatic heterocycles. The first kappa shape index (κ1) is 20.4. The van der Waals surface area contributed by atoms with Crippen LogP contribution >= 0.6 is 0 Å². The van der Waals surface area contributed by atoms with Gasteiger partial charge in [-0.3, -0.25) is 19.7 Å². The Morgan fingerprint density at radius 2 is 1.97 bits per heavy atom. The SMILES string of the molecule is Cc1ccc(NC(=O)C2CCCN(C(=O)Cc3ccc(F)cc3)C2)cc1[N+](=O)[O-]. The largest absolute Gasteiger partial charge is 0.342 e. The highest BCUT2D eigenvalue weighted by molar-refractivity contribution is 5.93. The van der Waals surface area contributed by atoms with E-state index in [1.54, 1.807) is 36.1 Å². The molecule has 0 aliphatic carbocycles. The highest BCUT2D eigenvalue weighted by atomic mass is 19.1. The molecule has 2 aromatic rings. The molecule has 29 heavy (non-hydrogen) atoms. The number of hydrogen-bond donors (Lipinski definition) is 1. The number of halogens is 1. The minimum absolute atomic E-state index is 0.0532. The number of amides is 2. The minimum Gasteiger partial charge on any atom is -0.342 e. The smallest absolute Gasteiger partial charge is 0.274 e. The van der Waals surface area contributed by atoms with Gasteiger partial charge in [-0.25, -0.2) is 4.39 Å². The summed E-state index contributed by atoms with van der Waals surface area (Å²) in [5.41, 5.74) is 1.54. The summed E-state index contributed by atoms with van der Waals surface area (Å²) in [5, 5.41) is 13.8. The van der Waals surface area contributed by atoms with Gasteiger partial charge in [0.05, 0.1) is 17.3 Å². The molecule has 0 spiro atoms. The topological polar surface area (TPSA) is 92.6 Å². The van der Waals surface area contributed by atoms with Crippen molar-refractivity contribution in [2.75, 3.05) is 18.4 Å². The van der Waals surface area contributed by atoms with Crippen molar-refractivity contribution in [3.8, 4) is 0 Å². The number of likely N-dealkylation sites (tertiary alicyclic amines) is 1. The summed E-state index contributed by atoms with van der Waals surface area (Å²) < 4.78 is 13.0. The van der Waals surface area contributed by atoms with Crippen LogP contribution in [0.5, 0.6) is 0 Å². The van der Waals surface area contributed by atoms with Gasteiger partial charge in [-0.05, 0) is 43.5 Å². The van der Waals surface area contributed by atoms with Gasteiger partial charge in [-0.2, -0.15) is 0 Å². The maximum Gasteiger partial charge on any atom is 0.274 e. The second-order valence-corrected chi connectivity index (χ2v) is 7.23. The van der Waals surface area contributed by atoms with Crippen molar-refractivity contribution in [3.63, 3.8) is 0 Å². The summed E-state index contributed by atoms with van der Waals surface area (Å²) in [6.45, 7) is 2.50. The van der Waals surface area contributed by atoms with Gasteiger partial charge in [0.1, 0.15) is 5.82 Å². The fraction of sp³-hybridized carbons (Fsp3) is 0.333. The van der Waals surface area contributed by atoms with E-state index in [4.69, 9.17) is 0 Å². The number of hydrogen-bond acceptors (Lipinski definition) is 4. The summed E-state index contributed by atoms with van der Waals surface area (Å²) >= 11 is 0. The molecule has 1 heterocycles. The second-order valence-electron chi connectivity index (χ2n) is 7.23. The Labute approximate surface area is 167 Å². The summed E-state index contributed by atoms with van der Waals surface area (Å²) in [4.78, 5) is 37.4. The lowest BCUT2D eigenvalue weighted by atomic mass is 9.96. The molecule has 0 saturated carbocycles. The number of carbonyl (C=O) groups is 2. The van der Waals surface area contributed by atoms with E-state index < -0.39 is 4.92 Å². The summed E-state index contributed by atoms with van der Waals surface area (Å²) in [5.74, 6) is -1.11. The molecule has 3 rings (SSSR count). The first-order valence-electron chi connectivity index (χ1n) is 9.41. The van der Waals surface area contributed by atoms with Crippen LogP contribution < -0.4 is 5.32 Å². The van der Waals surface area contributed by atoms with Gasteiger partial charge in [-0.15, -0.1) is 0 Å². The molecule has 1 aliphatic rings. The molecule has 1 atom stereocenters. The van der Waals surface area contributed by atoms with Crippen molar-refractivity contribution in [1.29, 1.82) is 0 Å². The van der Waals surface area contributed by atoms with Gasteiger partial charge in [-0.1, -0.05) is 18.2 Å². The standard InChI is InChI=1S/C21H22FN3O4/c1-14-4-9-18(12-19(14)25(28)29)23-21(27)16-3-2-10-24(13-16)20(26)11-15-5-7-17(22)8-6-15/h4-9,12,16H,2-3,10-11,13H2,1H3,(H,23,27). The van der Waals surface area contributed by atoms with Gasteiger partial charge in [0.15, 0.2) is 0 Å². The third-order valence-electron chi connectivity index (χ3n) is 5.09. The van der Waals surface area contributed by atoms with Gasteiger partial charge >= 0.3 is 0 Å². The quantitative estimate of drug-likeness (QED) is 0.616. The van der Waals surface area contributed by atoms with Crippen LogP contribution in [0.15, 0.2) is 42.5 Å². The number of nitro benzene ring substituents is 1. The average molecular weight is 399 g/mol. The Balaban J connectivity index is 1.61. The van der Waals surface area contributed by atoms with E-state index in [1.807, 2.05) is 0 Å². The molecule has 8 heteroatoms. The highest BCUT2D eigenvalue weighted by Gasteiger charge is 2.28. The van der Waals surface area contributed by atoms with Crippen LogP contribution in [-0.4, -0.2) is 34.7 Å². The van der Waals surface area contributed by atoms with Crippen LogP contribution in [0.4, 0.5) is 15.8 Å². The molecule has 1 N–H and O–H groups in total. The third kappa shape index (κ3) is 5.16. The van der Waals surface area contributed by atoms with E-state index >= 15 is 0 Å². The van der Waals surface area contributed by atoms with E-state index in [2.05, 4.69) is 5.32 Å². The number of piperidine rings is 1. The molecule has 1 saturated heterocycles. The average Bonchev–Trinajstić information content (AvgIpc) is 2.71. The van der Waals surface area contributed by atoms with E-state index in [-0.39, 0.29) is 35.7 Å². The number of nitrogens with zero attached hydrogens (tertiary/aromatic N) is 2. The molecule has 1 unspecified atom stereocenters. The zero-order valence-corrected chi connectivity index (χ0v) is 16.1. The summed E-state index contributed by atoms with van der Waals surface area (Å²) in [7, 11) is 0. The monoisotopic (exact) mass is 399 g/mol. The molecule has 2 amide bonds. The normalized spacial score (nSPS) is 16.3. The number of aryl methyl sites for hydroxylation is 1. The fourth-order valence-electron chi connectivity index (χ4n) is 3.43. The van der Waals surface area contributed by atoms with Gasteiger partial charge in [0.25, 0.3) is 5.69 Å². The van der Waals surface area contributed by atoms with Crippen molar-refractivity contribution in [2.45, 2.75) is 26.2 Å². The molecular formula is C21H22FN3O4. The first-order valence-corrected chi connectivity index (χ1v) is 9.41. The van der Waals surface area contributed by atoms with Crippen LogP contribution in [0.25, 0.3) is 0 Å². The molecule has 7 nitrogen and oxygen atoms in total. The molecule has 2 aromatic carbocycles. The number of carbonyl (C=O) groups excluding carboxylic acids is 2. The second kappa shape index (κ2) is 8.81. The Kier molecular flexibility index (Phi) is 6.21. The van der Waals surface area contributed by atoms with E-state index in [1.165, 1.54) is 18.2 Å². The molecule has 152 valence electrons. The van der Waals surface area contributed by atoms with Crippen LogP contribution in [-0.2, 0) is 16.0 Å². The maximum atomic E-state index is 13.0. The number of nitrogens with one attached hydrogen (secondary N) is 1. The molecule has 0 bridgehead atoms. The first-order chi connectivity index (χ1) is 13.8. The number of benzene rings is 2. The van der Waals surface area contributed by atoms with Crippen molar-refractivity contribution in [1.82, 2.24) is 4.90 Å². The van der Waals surface area contributed by atoms with Crippen LogP contribution in [0, 0.1) is 28.8 Å². The van der Waals surface area contributed by atoms with Crippen molar-refractivity contribution >= 4 is 23.2 Å². The zero-order valence-electron chi connectivity index (χ0n) is 16.1. The molecule has 0 radical (unpaired) electrons. The van der Waals surface area contributed by atoms with Crippen LogP contribution in [0.2, 0.25) is 0 Å². The zero-order chi connectivity index (χ0) is 21.0. The van der Waals surface area contributed by atoms with Gasteiger partial charge < -0.3 is 10.2 Å². The maximum absolute atomic E-state index is 13.0. The Bertz CT molecular complexity index is 930. The Hall–Kier alpha value is -3.29. The lowest BCUT2D eigenvalue weighted by Crippen LogP contribution is -2.44. The third-order valence-corrected chi connectivity index (χ3v) is 5.09. The highest BCUT2D eigenvalue weighted by Crippen LogP contribution is 2.24. The molecule has 1 fully saturated rings.